The summed E-state index contributed by atoms with van der Waals surface area (Å²) in [7, 11) is 0. The molecule has 1 aliphatic heterocycles. The van der Waals surface area contributed by atoms with E-state index in [0.717, 1.165) is 44.5 Å². The highest BCUT2D eigenvalue weighted by molar-refractivity contribution is 5.84. The van der Waals surface area contributed by atoms with Crippen LogP contribution in [0.5, 0.6) is 0 Å². The summed E-state index contributed by atoms with van der Waals surface area (Å²) in [5.74, 6) is 0.762. The third-order valence-electron chi connectivity index (χ3n) is 4.65. The quantitative estimate of drug-likeness (QED) is 0.605. The lowest BCUT2D eigenvalue weighted by Gasteiger charge is -2.28. The summed E-state index contributed by atoms with van der Waals surface area (Å²) in [5.41, 5.74) is 0. The molecule has 6 heteroatoms. The zero-order valence-electron chi connectivity index (χ0n) is 16.1. The number of furan rings is 1. The van der Waals surface area contributed by atoms with E-state index in [1.54, 1.807) is 16.1 Å². The van der Waals surface area contributed by atoms with Crippen molar-refractivity contribution in [1.82, 2.24) is 9.80 Å². The zero-order chi connectivity index (χ0) is 18.8. The molecule has 26 heavy (non-hydrogen) atoms. The molecule has 1 aliphatic rings. The van der Waals surface area contributed by atoms with E-state index in [4.69, 9.17) is 9.15 Å². The summed E-state index contributed by atoms with van der Waals surface area (Å²) in [5, 5.41) is 0. The van der Waals surface area contributed by atoms with Gasteiger partial charge in [-0.15, -0.1) is 0 Å². The minimum atomic E-state index is -0.0440. The van der Waals surface area contributed by atoms with Gasteiger partial charge in [0.2, 0.25) is 11.8 Å². The van der Waals surface area contributed by atoms with Crippen molar-refractivity contribution >= 4 is 11.8 Å². The monoisotopic (exact) mass is 364 g/mol. The number of rotatable bonds is 11. The molecule has 0 unspecified atom stereocenters. The number of nitrogens with zero attached hydrogens (tertiary/aromatic N) is 2. The number of hydrogen-bond acceptors (Lipinski definition) is 4. The number of hydrogen-bond donors (Lipinski definition) is 0. The van der Waals surface area contributed by atoms with Crippen molar-refractivity contribution in [3.05, 3.63) is 24.2 Å². The van der Waals surface area contributed by atoms with Crippen LogP contribution in [0.4, 0.5) is 0 Å². The molecular formula is C20H32N2O4. The van der Waals surface area contributed by atoms with Gasteiger partial charge in [0.25, 0.3) is 0 Å². The predicted molar refractivity (Wildman–Crippen MR) is 99.5 cm³/mol. The van der Waals surface area contributed by atoms with Crippen LogP contribution >= 0.6 is 0 Å². The molecule has 2 amide bonds. The van der Waals surface area contributed by atoms with Gasteiger partial charge in [-0.05, 0) is 37.8 Å². The van der Waals surface area contributed by atoms with Crippen molar-refractivity contribution < 1.29 is 18.7 Å². The van der Waals surface area contributed by atoms with Crippen LogP contribution in [0.1, 0.15) is 58.1 Å². The Morgan fingerprint density at radius 2 is 2.04 bits per heavy atom. The first-order valence-corrected chi connectivity index (χ1v) is 9.83. The van der Waals surface area contributed by atoms with Gasteiger partial charge in [-0.1, -0.05) is 20.3 Å². The molecule has 1 fully saturated rings. The van der Waals surface area contributed by atoms with Crippen molar-refractivity contribution in [2.75, 3.05) is 26.2 Å². The minimum absolute atomic E-state index is 0.0440. The van der Waals surface area contributed by atoms with Gasteiger partial charge in [-0.25, -0.2) is 0 Å². The highest BCUT2D eigenvalue weighted by Gasteiger charge is 2.25. The summed E-state index contributed by atoms with van der Waals surface area (Å²) >= 11 is 0. The standard InChI is InChI=1S/C20H32N2O4/c1-3-5-11-21(19(23)8-4-2)16-20(24)22(14-17-9-6-12-25-17)15-18-10-7-13-26-18/h6,9,12,18H,3-5,7-8,10-11,13-16H2,1-2H3/t18-/m1/s1. The van der Waals surface area contributed by atoms with Gasteiger partial charge in [0.05, 0.1) is 25.5 Å². The van der Waals surface area contributed by atoms with Gasteiger partial charge in [0, 0.05) is 26.1 Å². The number of carbonyl (C=O) groups excluding carboxylic acids is 2. The van der Waals surface area contributed by atoms with Crippen LogP contribution < -0.4 is 0 Å². The SMILES string of the molecule is CCCCN(CC(=O)N(Cc1ccco1)C[C@H]1CCCO1)C(=O)CCC. The van der Waals surface area contributed by atoms with Gasteiger partial charge in [-0.2, -0.15) is 0 Å². The molecule has 0 aromatic carbocycles. The van der Waals surface area contributed by atoms with E-state index < -0.39 is 0 Å². The lowest BCUT2D eigenvalue weighted by atomic mass is 10.2. The zero-order valence-corrected chi connectivity index (χ0v) is 16.1. The van der Waals surface area contributed by atoms with Gasteiger partial charge in [0.15, 0.2) is 0 Å². The molecule has 1 atom stereocenters. The predicted octanol–water partition coefficient (Wildman–Crippen LogP) is 3.22. The Morgan fingerprint density at radius 3 is 2.65 bits per heavy atom. The molecule has 1 saturated heterocycles. The molecule has 2 rings (SSSR count). The number of amides is 2. The molecular weight excluding hydrogens is 332 g/mol. The summed E-state index contributed by atoms with van der Waals surface area (Å²) in [6, 6.07) is 3.69. The lowest BCUT2D eigenvalue weighted by molar-refractivity contribution is -0.142. The lowest BCUT2D eigenvalue weighted by Crippen LogP contribution is -2.45. The molecule has 146 valence electrons. The smallest absolute Gasteiger partial charge is 0.242 e. The maximum Gasteiger partial charge on any atom is 0.242 e. The largest absolute Gasteiger partial charge is 0.467 e. The molecule has 0 radical (unpaired) electrons. The molecule has 2 heterocycles. The molecule has 0 aliphatic carbocycles. The van der Waals surface area contributed by atoms with Crippen LogP contribution in [0.15, 0.2) is 22.8 Å². The Balaban J connectivity index is 2.02. The second-order valence-corrected chi connectivity index (χ2v) is 6.91. The maximum absolute atomic E-state index is 13.0. The molecule has 1 aromatic rings. The molecule has 1 aromatic heterocycles. The van der Waals surface area contributed by atoms with Crippen LogP contribution in [0, 0.1) is 0 Å². The summed E-state index contributed by atoms with van der Waals surface area (Å²) in [6.07, 6.45) is 6.87. The average molecular weight is 364 g/mol. The first-order valence-electron chi connectivity index (χ1n) is 9.83. The fraction of sp³-hybridized carbons (Fsp3) is 0.700. The average Bonchev–Trinajstić information content (AvgIpc) is 3.32. The first-order chi connectivity index (χ1) is 12.6. The van der Waals surface area contributed by atoms with E-state index in [1.165, 1.54) is 0 Å². The van der Waals surface area contributed by atoms with E-state index in [9.17, 15) is 9.59 Å². The van der Waals surface area contributed by atoms with E-state index in [0.29, 0.717) is 26.1 Å². The topological polar surface area (TPSA) is 63.0 Å². The molecule has 0 saturated carbocycles. The third-order valence-corrected chi connectivity index (χ3v) is 4.65. The third kappa shape index (κ3) is 6.48. The maximum atomic E-state index is 13.0. The fourth-order valence-corrected chi connectivity index (χ4v) is 3.16. The van der Waals surface area contributed by atoms with Crippen LogP contribution in [0.3, 0.4) is 0 Å². The van der Waals surface area contributed by atoms with Crippen molar-refractivity contribution in [3.63, 3.8) is 0 Å². The summed E-state index contributed by atoms with van der Waals surface area (Å²) < 4.78 is 11.1. The normalized spacial score (nSPS) is 16.6. The molecule has 0 bridgehead atoms. The van der Waals surface area contributed by atoms with Crippen LogP contribution in [-0.2, 0) is 20.9 Å². The van der Waals surface area contributed by atoms with Gasteiger partial charge < -0.3 is 19.0 Å². The second-order valence-electron chi connectivity index (χ2n) is 6.91. The van der Waals surface area contributed by atoms with E-state index in [2.05, 4.69) is 6.92 Å². The van der Waals surface area contributed by atoms with E-state index in [-0.39, 0.29) is 24.5 Å². The van der Waals surface area contributed by atoms with Crippen LogP contribution in [0.25, 0.3) is 0 Å². The second kappa shape index (κ2) is 11.0. The van der Waals surface area contributed by atoms with Gasteiger partial charge in [0.1, 0.15) is 5.76 Å². The van der Waals surface area contributed by atoms with Gasteiger partial charge in [-0.3, -0.25) is 9.59 Å². The summed E-state index contributed by atoms with van der Waals surface area (Å²) in [4.78, 5) is 28.8. The molecule has 0 spiro atoms. The Kier molecular flexibility index (Phi) is 8.68. The Labute approximate surface area is 156 Å². The Morgan fingerprint density at radius 1 is 1.19 bits per heavy atom. The highest BCUT2D eigenvalue weighted by atomic mass is 16.5. The Hall–Kier alpha value is -1.82. The number of carbonyl (C=O) groups is 2. The van der Waals surface area contributed by atoms with Crippen molar-refractivity contribution in [1.29, 1.82) is 0 Å². The number of ether oxygens (including phenoxy) is 1. The number of unbranched alkanes of at least 4 members (excludes halogenated alkanes) is 1. The highest BCUT2D eigenvalue weighted by Crippen LogP contribution is 2.16. The van der Waals surface area contributed by atoms with Crippen molar-refractivity contribution in [2.45, 2.75) is 65.0 Å². The minimum Gasteiger partial charge on any atom is -0.467 e. The fourth-order valence-electron chi connectivity index (χ4n) is 3.16. The molecule has 6 nitrogen and oxygen atoms in total. The van der Waals surface area contributed by atoms with E-state index >= 15 is 0 Å². The van der Waals surface area contributed by atoms with Gasteiger partial charge >= 0.3 is 0 Å². The van der Waals surface area contributed by atoms with Crippen molar-refractivity contribution in [3.8, 4) is 0 Å². The Bertz CT molecular complexity index is 538. The summed E-state index contributed by atoms with van der Waals surface area (Å²) in [6.45, 7) is 6.55. The molecule has 0 N–H and O–H groups in total. The van der Waals surface area contributed by atoms with Crippen molar-refractivity contribution in [2.24, 2.45) is 0 Å². The van der Waals surface area contributed by atoms with Crippen LogP contribution in [-0.4, -0.2) is 54.0 Å². The van der Waals surface area contributed by atoms with E-state index in [1.807, 2.05) is 19.1 Å². The van der Waals surface area contributed by atoms with Crippen LogP contribution in [0.2, 0.25) is 0 Å². The first kappa shape index (κ1) is 20.5.